The standard InChI is InChI=1S/C12H16N2O4/c1-8-4-5-10(11(6-8)14(17)18)13(3)7-9(2)12(15)16/h4-6,9H,7H2,1-3H3,(H,15,16). The van der Waals surface area contributed by atoms with Crippen LogP contribution in [0.2, 0.25) is 0 Å². The molecule has 98 valence electrons. The lowest BCUT2D eigenvalue weighted by Crippen LogP contribution is -2.28. The number of hydrogen-bond donors (Lipinski definition) is 1. The van der Waals surface area contributed by atoms with Gasteiger partial charge in [0.25, 0.3) is 5.69 Å². The van der Waals surface area contributed by atoms with E-state index in [1.54, 1.807) is 37.9 Å². The van der Waals surface area contributed by atoms with Crippen LogP contribution in [0.25, 0.3) is 0 Å². The molecule has 0 fully saturated rings. The molecule has 0 amide bonds. The summed E-state index contributed by atoms with van der Waals surface area (Å²) in [5.74, 6) is -1.51. The highest BCUT2D eigenvalue weighted by molar-refractivity contribution is 5.71. The predicted molar refractivity (Wildman–Crippen MR) is 67.9 cm³/mol. The Hall–Kier alpha value is -2.11. The van der Waals surface area contributed by atoms with Gasteiger partial charge >= 0.3 is 5.97 Å². The van der Waals surface area contributed by atoms with Crippen LogP contribution < -0.4 is 4.90 Å². The van der Waals surface area contributed by atoms with Crippen LogP contribution in [0, 0.1) is 23.0 Å². The molecule has 0 aliphatic rings. The molecule has 6 nitrogen and oxygen atoms in total. The molecule has 1 aromatic rings. The van der Waals surface area contributed by atoms with Gasteiger partial charge in [-0.3, -0.25) is 14.9 Å². The average Bonchev–Trinajstić information content (AvgIpc) is 2.28. The van der Waals surface area contributed by atoms with Crippen molar-refractivity contribution in [3.8, 4) is 0 Å². The Morgan fingerprint density at radius 2 is 2.17 bits per heavy atom. The number of nitrogens with zero attached hydrogens (tertiary/aromatic N) is 2. The molecule has 0 aliphatic heterocycles. The van der Waals surface area contributed by atoms with Crippen LogP contribution in [0.4, 0.5) is 11.4 Å². The van der Waals surface area contributed by atoms with Gasteiger partial charge in [0.1, 0.15) is 5.69 Å². The summed E-state index contributed by atoms with van der Waals surface area (Å²) in [4.78, 5) is 22.9. The Morgan fingerprint density at radius 1 is 1.56 bits per heavy atom. The molecule has 0 heterocycles. The molecule has 1 aromatic carbocycles. The number of aliphatic carboxylic acids is 1. The maximum Gasteiger partial charge on any atom is 0.308 e. The highest BCUT2D eigenvalue weighted by Crippen LogP contribution is 2.28. The zero-order valence-corrected chi connectivity index (χ0v) is 10.6. The number of benzene rings is 1. The third-order valence-corrected chi connectivity index (χ3v) is 2.71. The lowest BCUT2D eigenvalue weighted by molar-refractivity contribution is -0.384. The van der Waals surface area contributed by atoms with E-state index in [1.807, 2.05) is 0 Å². The number of carboxylic acid groups (broad SMARTS) is 1. The number of nitro benzene ring substituents is 1. The van der Waals surface area contributed by atoms with Crippen LogP contribution in [0.1, 0.15) is 12.5 Å². The Kier molecular flexibility index (Phi) is 4.25. The lowest BCUT2D eigenvalue weighted by atomic mass is 10.1. The number of aryl methyl sites for hydroxylation is 1. The average molecular weight is 252 g/mol. The van der Waals surface area contributed by atoms with Crippen molar-refractivity contribution in [1.82, 2.24) is 0 Å². The molecule has 1 atom stereocenters. The van der Waals surface area contributed by atoms with Crippen molar-refractivity contribution < 1.29 is 14.8 Å². The van der Waals surface area contributed by atoms with Crippen molar-refractivity contribution in [2.24, 2.45) is 5.92 Å². The first-order valence-corrected chi connectivity index (χ1v) is 5.52. The third-order valence-electron chi connectivity index (χ3n) is 2.71. The van der Waals surface area contributed by atoms with E-state index < -0.39 is 16.8 Å². The molecule has 0 bridgehead atoms. The van der Waals surface area contributed by atoms with Crippen LogP contribution in [-0.4, -0.2) is 29.6 Å². The van der Waals surface area contributed by atoms with Crippen LogP contribution in [0.5, 0.6) is 0 Å². The summed E-state index contributed by atoms with van der Waals surface area (Å²) in [5.41, 5.74) is 1.22. The molecule has 1 unspecified atom stereocenters. The molecule has 6 heteroatoms. The number of nitro groups is 1. The zero-order chi connectivity index (χ0) is 13.9. The first kappa shape index (κ1) is 14.0. The predicted octanol–water partition coefficient (Wildman–Crippen LogP) is 2.06. The van der Waals surface area contributed by atoms with E-state index in [-0.39, 0.29) is 12.2 Å². The minimum Gasteiger partial charge on any atom is -0.481 e. The van der Waals surface area contributed by atoms with Crippen LogP contribution in [-0.2, 0) is 4.79 Å². The van der Waals surface area contributed by atoms with E-state index in [1.165, 1.54) is 6.07 Å². The van der Waals surface area contributed by atoms with Gasteiger partial charge in [0.05, 0.1) is 10.8 Å². The summed E-state index contributed by atoms with van der Waals surface area (Å²) in [6.45, 7) is 3.56. The van der Waals surface area contributed by atoms with E-state index in [9.17, 15) is 14.9 Å². The van der Waals surface area contributed by atoms with E-state index in [4.69, 9.17) is 5.11 Å². The molecule has 1 rings (SSSR count). The highest BCUT2D eigenvalue weighted by atomic mass is 16.6. The van der Waals surface area contributed by atoms with E-state index in [0.717, 1.165) is 5.56 Å². The summed E-state index contributed by atoms with van der Waals surface area (Å²) < 4.78 is 0. The Labute approximate surface area is 105 Å². The fourth-order valence-electron chi connectivity index (χ4n) is 1.69. The Balaban J connectivity index is 3.01. The second-order valence-corrected chi connectivity index (χ2v) is 4.37. The summed E-state index contributed by atoms with van der Waals surface area (Å²) in [7, 11) is 1.65. The molecule has 0 spiro atoms. The highest BCUT2D eigenvalue weighted by Gasteiger charge is 2.20. The normalized spacial score (nSPS) is 11.9. The summed E-state index contributed by atoms with van der Waals surface area (Å²) in [5, 5.41) is 19.8. The fourth-order valence-corrected chi connectivity index (χ4v) is 1.69. The maximum absolute atomic E-state index is 11.0. The molecule has 0 radical (unpaired) electrons. The summed E-state index contributed by atoms with van der Waals surface area (Å²) in [6.07, 6.45) is 0. The fraction of sp³-hybridized carbons (Fsp3) is 0.417. The van der Waals surface area contributed by atoms with Crippen LogP contribution >= 0.6 is 0 Å². The molecule has 0 aliphatic carbocycles. The largest absolute Gasteiger partial charge is 0.481 e. The SMILES string of the molecule is Cc1ccc(N(C)CC(C)C(=O)O)c([N+](=O)[O-])c1. The molecular formula is C12H16N2O4. The molecule has 0 aromatic heterocycles. The second kappa shape index (κ2) is 5.48. The lowest BCUT2D eigenvalue weighted by Gasteiger charge is -2.21. The Morgan fingerprint density at radius 3 is 2.67 bits per heavy atom. The van der Waals surface area contributed by atoms with E-state index >= 15 is 0 Å². The van der Waals surface area contributed by atoms with Gasteiger partial charge in [-0.15, -0.1) is 0 Å². The van der Waals surface area contributed by atoms with Gasteiger partial charge in [-0.1, -0.05) is 13.0 Å². The van der Waals surface area contributed by atoms with Crippen molar-refractivity contribution >= 4 is 17.3 Å². The molecule has 1 N–H and O–H groups in total. The molecular weight excluding hydrogens is 236 g/mol. The smallest absolute Gasteiger partial charge is 0.308 e. The van der Waals surface area contributed by atoms with Crippen molar-refractivity contribution in [2.45, 2.75) is 13.8 Å². The van der Waals surface area contributed by atoms with Gasteiger partial charge in [0.15, 0.2) is 0 Å². The van der Waals surface area contributed by atoms with Crippen molar-refractivity contribution in [3.05, 3.63) is 33.9 Å². The summed E-state index contributed by atoms with van der Waals surface area (Å²) >= 11 is 0. The monoisotopic (exact) mass is 252 g/mol. The van der Waals surface area contributed by atoms with Crippen LogP contribution in [0.15, 0.2) is 18.2 Å². The van der Waals surface area contributed by atoms with Crippen molar-refractivity contribution in [3.63, 3.8) is 0 Å². The number of carboxylic acids is 1. The van der Waals surface area contributed by atoms with Crippen molar-refractivity contribution in [2.75, 3.05) is 18.5 Å². The van der Waals surface area contributed by atoms with Gasteiger partial charge in [-0.2, -0.15) is 0 Å². The van der Waals surface area contributed by atoms with Gasteiger partial charge in [-0.25, -0.2) is 0 Å². The van der Waals surface area contributed by atoms with Gasteiger partial charge < -0.3 is 10.0 Å². The topological polar surface area (TPSA) is 83.7 Å². The number of hydrogen-bond acceptors (Lipinski definition) is 4. The summed E-state index contributed by atoms with van der Waals surface area (Å²) in [6, 6.07) is 4.89. The van der Waals surface area contributed by atoms with Crippen molar-refractivity contribution in [1.29, 1.82) is 0 Å². The minimum absolute atomic E-state index is 0.00455. The van der Waals surface area contributed by atoms with E-state index in [2.05, 4.69) is 0 Å². The number of anilines is 1. The molecule has 18 heavy (non-hydrogen) atoms. The minimum atomic E-state index is -0.920. The molecule has 0 saturated heterocycles. The number of rotatable bonds is 5. The second-order valence-electron chi connectivity index (χ2n) is 4.37. The van der Waals surface area contributed by atoms with Crippen LogP contribution in [0.3, 0.4) is 0 Å². The third kappa shape index (κ3) is 3.19. The first-order valence-electron chi connectivity index (χ1n) is 5.52. The Bertz CT molecular complexity index is 473. The number of carbonyl (C=O) groups is 1. The van der Waals surface area contributed by atoms with Gasteiger partial charge in [0.2, 0.25) is 0 Å². The maximum atomic E-state index is 11.0. The molecule has 0 saturated carbocycles. The quantitative estimate of drug-likeness (QED) is 0.640. The zero-order valence-electron chi connectivity index (χ0n) is 10.6. The van der Waals surface area contributed by atoms with Gasteiger partial charge in [-0.05, 0) is 18.6 Å². The van der Waals surface area contributed by atoms with E-state index in [0.29, 0.717) is 5.69 Å². The van der Waals surface area contributed by atoms with Gasteiger partial charge in [0, 0.05) is 19.7 Å². The first-order chi connectivity index (χ1) is 8.32.